The molecule has 27 heavy (non-hydrogen) atoms. The summed E-state index contributed by atoms with van der Waals surface area (Å²) in [4.78, 5) is 21.4. The van der Waals surface area contributed by atoms with Crippen molar-refractivity contribution in [3.8, 4) is 0 Å². The molecule has 0 radical (unpaired) electrons. The summed E-state index contributed by atoms with van der Waals surface area (Å²) in [5.74, 6) is 0.747. The summed E-state index contributed by atoms with van der Waals surface area (Å²) >= 11 is 0. The van der Waals surface area contributed by atoms with Crippen LogP contribution in [0.4, 0.5) is 0 Å². The summed E-state index contributed by atoms with van der Waals surface area (Å²) < 4.78 is 13.0. The van der Waals surface area contributed by atoms with Gasteiger partial charge in [-0.2, -0.15) is 0 Å². The zero-order chi connectivity index (χ0) is 18.8. The highest BCUT2D eigenvalue weighted by Crippen LogP contribution is 2.17. The van der Waals surface area contributed by atoms with Crippen molar-refractivity contribution < 1.29 is 13.9 Å². The molecule has 0 bridgehead atoms. The lowest BCUT2D eigenvalue weighted by atomic mass is 10.2. The maximum absolute atomic E-state index is 12.8. The summed E-state index contributed by atoms with van der Waals surface area (Å²) in [5.41, 5.74) is 3.41. The van der Waals surface area contributed by atoms with Gasteiger partial charge in [0.15, 0.2) is 0 Å². The van der Waals surface area contributed by atoms with Crippen molar-refractivity contribution in [3.63, 3.8) is 0 Å². The fraction of sp³-hybridized carbons (Fsp3) is 0.400. The van der Waals surface area contributed by atoms with Crippen molar-refractivity contribution >= 4 is 11.6 Å². The van der Waals surface area contributed by atoms with Crippen molar-refractivity contribution in [1.29, 1.82) is 0 Å². The highest BCUT2D eigenvalue weighted by Gasteiger charge is 2.19. The van der Waals surface area contributed by atoms with Gasteiger partial charge in [0.25, 0.3) is 5.91 Å². The lowest BCUT2D eigenvalue weighted by molar-refractivity contribution is 0.0313. The molecule has 142 valence electrons. The molecule has 4 rings (SSSR count). The molecule has 0 N–H and O–H groups in total. The SMILES string of the molecule is Cc1nc2ccccn2c1CN(C)C(=O)c1coc(CN2CCOCC2)c1. The quantitative estimate of drug-likeness (QED) is 0.692. The first-order chi connectivity index (χ1) is 13.1. The topological polar surface area (TPSA) is 63.2 Å². The van der Waals surface area contributed by atoms with E-state index in [9.17, 15) is 4.79 Å². The van der Waals surface area contributed by atoms with Crippen LogP contribution in [0.5, 0.6) is 0 Å². The van der Waals surface area contributed by atoms with Gasteiger partial charge in [0.05, 0.1) is 43.3 Å². The van der Waals surface area contributed by atoms with Gasteiger partial charge in [0, 0.05) is 26.3 Å². The minimum Gasteiger partial charge on any atom is -0.467 e. The Bertz CT molecular complexity index is 940. The molecule has 1 fully saturated rings. The second-order valence-corrected chi connectivity index (χ2v) is 6.92. The Labute approximate surface area is 158 Å². The van der Waals surface area contributed by atoms with Gasteiger partial charge in [0.2, 0.25) is 0 Å². The maximum Gasteiger partial charge on any atom is 0.257 e. The molecule has 0 aliphatic carbocycles. The third kappa shape index (κ3) is 3.74. The third-order valence-electron chi connectivity index (χ3n) is 4.95. The highest BCUT2D eigenvalue weighted by molar-refractivity contribution is 5.93. The summed E-state index contributed by atoms with van der Waals surface area (Å²) in [6.45, 7) is 6.42. The molecule has 0 atom stereocenters. The number of carbonyl (C=O) groups excluding carboxylic acids is 1. The first-order valence-electron chi connectivity index (χ1n) is 9.17. The molecule has 4 heterocycles. The molecule has 1 saturated heterocycles. The zero-order valence-electron chi connectivity index (χ0n) is 15.7. The van der Waals surface area contributed by atoms with E-state index in [1.807, 2.05) is 41.8 Å². The van der Waals surface area contributed by atoms with Crippen LogP contribution in [0.25, 0.3) is 5.65 Å². The van der Waals surface area contributed by atoms with Crippen LogP contribution in [-0.4, -0.2) is 58.4 Å². The van der Waals surface area contributed by atoms with Gasteiger partial charge in [-0.15, -0.1) is 0 Å². The van der Waals surface area contributed by atoms with E-state index in [1.54, 1.807) is 18.2 Å². The van der Waals surface area contributed by atoms with Crippen LogP contribution in [0.15, 0.2) is 41.1 Å². The van der Waals surface area contributed by atoms with Gasteiger partial charge < -0.3 is 18.5 Å². The number of nitrogens with zero attached hydrogens (tertiary/aromatic N) is 4. The molecule has 0 aromatic carbocycles. The first-order valence-corrected chi connectivity index (χ1v) is 9.17. The predicted octanol–water partition coefficient (Wildman–Crippen LogP) is 2.34. The summed E-state index contributed by atoms with van der Waals surface area (Å²) in [7, 11) is 1.80. The molecule has 7 nitrogen and oxygen atoms in total. The number of fused-ring (bicyclic) bond motifs is 1. The van der Waals surface area contributed by atoms with Crippen molar-refractivity contribution in [2.45, 2.75) is 20.0 Å². The standard InChI is InChI=1S/C20H24N4O3/c1-15-18(24-6-4-3-5-19(24)21-15)13-22(2)20(25)16-11-17(27-14-16)12-23-7-9-26-10-8-23/h3-6,11,14H,7-10,12-13H2,1-2H3. The van der Waals surface area contributed by atoms with E-state index in [1.165, 1.54) is 0 Å². The van der Waals surface area contributed by atoms with Crippen LogP contribution in [0.3, 0.4) is 0 Å². The fourth-order valence-electron chi connectivity index (χ4n) is 3.43. The normalized spacial score (nSPS) is 15.3. The van der Waals surface area contributed by atoms with Crippen molar-refractivity contribution in [2.75, 3.05) is 33.4 Å². The molecule has 1 aliphatic rings. The average Bonchev–Trinajstić information content (AvgIpc) is 3.27. The summed E-state index contributed by atoms with van der Waals surface area (Å²) in [5, 5.41) is 0. The van der Waals surface area contributed by atoms with Crippen LogP contribution in [0.1, 0.15) is 27.5 Å². The largest absolute Gasteiger partial charge is 0.467 e. The number of aryl methyl sites for hydroxylation is 1. The van der Waals surface area contributed by atoms with Crippen LogP contribution in [0, 0.1) is 6.92 Å². The van der Waals surface area contributed by atoms with Crippen LogP contribution < -0.4 is 0 Å². The Morgan fingerprint density at radius 1 is 1.30 bits per heavy atom. The summed E-state index contributed by atoms with van der Waals surface area (Å²) in [6.07, 6.45) is 3.53. The second-order valence-electron chi connectivity index (χ2n) is 6.92. The number of hydrogen-bond acceptors (Lipinski definition) is 5. The number of furan rings is 1. The zero-order valence-corrected chi connectivity index (χ0v) is 15.7. The van der Waals surface area contributed by atoms with E-state index < -0.39 is 0 Å². The Hall–Kier alpha value is -2.64. The van der Waals surface area contributed by atoms with Crippen molar-refractivity contribution in [1.82, 2.24) is 19.2 Å². The average molecular weight is 368 g/mol. The van der Waals surface area contributed by atoms with Crippen LogP contribution >= 0.6 is 0 Å². The van der Waals surface area contributed by atoms with Gasteiger partial charge in [-0.05, 0) is 25.1 Å². The lowest BCUT2D eigenvalue weighted by Gasteiger charge is -2.25. The highest BCUT2D eigenvalue weighted by atomic mass is 16.5. The maximum atomic E-state index is 12.8. The van der Waals surface area contributed by atoms with Crippen molar-refractivity contribution in [3.05, 3.63) is 59.4 Å². The number of morpholine rings is 1. The van der Waals surface area contributed by atoms with Crippen LogP contribution in [-0.2, 0) is 17.8 Å². The van der Waals surface area contributed by atoms with Gasteiger partial charge in [-0.3, -0.25) is 9.69 Å². The minimum absolute atomic E-state index is 0.0581. The molecular formula is C20H24N4O3. The summed E-state index contributed by atoms with van der Waals surface area (Å²) in [6, 6.07) is 7.73. The number of ether oxygens (including phenoxy) is 1. The predicted molar refractivity (Wildman–Crippen MR) is 101 cm³/mol. The molecule has 1 aliphatic heterocycles. The number of pyridine rings is 1. The van der Waals surface area contributed by atoms with E-state index in [4.69, 9.17) is 9.15 Å². The van der Waals surface area contributed by atoms with E-state index in [0.29, 0.717) is 18.7 Å². The fourth-order valence-corrected chi connectivity index (χ4v) is 3.43. The van der Waals surface area contributed by atoms with E-state index in [-0.39, 0.29) is 5.91 Å². The number of aromatic nitrogens is 2. The number of amides is 1. The van der Waals surface area contributed by atoms with Crippen molar-refractivity contribution in [2.24, 2.45) is 0 Å². The molecule has 3 aromatic rings. The van der Waals surface area contributed by atoms with Crippen LogP contribution in [0.2, 0.25) is 0 Å². The molecule has 0 unspecified atom stereocenters. The number of hydrogen-bond donors (Lipinski definition) is 0. The van der Waals surface area contributed by atoms with Gasteiger partial charge >= 0.3 is 0 Å². The monoisotopic (exact) mass is 368 g/mol. The Kier molecular flexibility index (Phi) is 4.96. The molecule has 0 spiro atoms. The van der Waals surface area contributed by atoms with E-state index in [0.717, 1.165) is 49.1 Å². The third-order valence-corrected chi connectivity index (χ3v) is 4.95. The molecule has 0 saturated carbocycles. The number of carbonyl (C=O) groups is 1. The first kappa shape index (κ1) is 17.8. The second kappa shape index (κ2) is 7.54. The smallest absolute Gasteiger partial charge is 0.257 e. The van der Waals surface area contributed by atoms with Gasteiger partial charge in [0.1, 0.15) is 17.7 Å². The molecule has 7 heteroatoms. The Balaban J connectivity index is 1.45. The van der Waals surface area contributed by atoms with Gasteiger partial charge in [-0.1, -0.05) is 6.07 Å². The van der Waals surface area contributed by atoms with E-state index in [2.05, 4.69) is 9.88 Å². The van der Waals surface area contributed by atoms with E-state index >= 15 is 0 Å². The Morgan fingerprint density at radius 2 is 2.11 bits per heavy atom. The van der Waals surface area contributed by atoms with Gasteiger partial charge in [-0.25, -0.2) is 4.98 Å². The lowest BCUT2D eigenvalue weighted by Crippen LogP contribution is -2.35. The number of rotatable bonds is 5. The Morgan fingerprint density at radius 3 is 2.93 bits per heavy atom. The number of imidazole rings is 1. The minimum atomic E-state index is -0.0581. The molecule has 3 aromatic heterocycles. The molecule has 1 amide bonds. The molecular weight excluding hydrogens is 344 g/mol.